The van der Waals surface area contributed by atoms with Crippen LogP contribution in [0.15, 0.2) is 22.7 Å². The molecule has 1 aromatic carbocycles. The van der Waals surface area contributed by atoms with Crippen molar-refractivity contribution in [3.05, 3.63) is 28.2 Å². The first kappa shape index (κ1) is 14.2. The normalized spacial score (nSPS) is 19.5. The van der Waals surface area contributed by atoms with Gasteiger partial charge in [0.15, 0.2) is 0 Å². The maximum atomic E-state index is 5.76. The van der Waals surface area contributed by atoms with E-state index in [1.807, 2.05) is 18.2 Å². The van der Waals surface area contributed by atoms with Crippen molar-refractivity contribution in [1.82, 2.24) is 0 Å². The molecule has 0 aromatic heterocycles. The number of anilines is 1. The summed E-state index contributed by atoms with van der Waals surface area (Å²) < 4.78 is 1.00. The van der Waals surface area contributed by atoms with E-state index in [0.717, 1.165) is 22.3 Å². The molecular formula is C13H17BrN2S2. The van der Waals surface area contributed by atoms with E-state index in [2.05, 4.69) is 33.0 Å². The summed E-state index contributed by atoms with van der Waals surface area (Å²) >= 11 is 10.6. The molecule has 1 atom stereocenters. The van der Waals surface area contributed by atoms with Gasteiger partial charge in [0.2, 0.25) is 0 Å². The van der Waals surface area contributed by atoms with Crippen molar-refractivity contribution in [2.45, 2.75) is 24.5 Å². The number of thiocarbonyl (C=S) groups is 1. The first-order valence-corrected chi connectivity index (χ1v) is 8.36. The minimum absolute atomic E-state index is 0.440. The average molecular weight is 345 g/mol. The van der Waals surface area contributed by atoms with Crippen LogP contribution in [-0.4, -0.2) is 22.5 Å². The minimum atomic E-state index is 0.440. The topological polar surface area (TPSA) is 38.0 Å². The van der Waals surface area contributed by atoms with E-state index >= 15 is 0 Å². The van der Waals surface area contributed by atoms with Crippen molar-refractivity contribution >= 4 is 50.6 Å². The number of thioether (sulfide) groups is 1. The highest BCUT2D eigenvalue weighted by Gasteiger charge is 2.14. The van der Waals surface area contributed by atoms with Crippen molar-refractivity contribution in [1.29, 1.82) is 0 Å². The van der Waals surface area contributed by atoms with E-state index in [1.54, 1.807) is 0 Å². The molecular weight excluding hydrogens is 328 g/mol. The molecule has 0 aliphatic carbocycles. The second-order valence-electron chi connectivity index (χ2n) is 4.42. The van der Waals surface area contributed by atoms with Gasteiger partial charge >= 0.3 is 0 Å². The van der Waals surface area contributed by atoms with Crippen molar-refractivity contribution in [2.24, 2.45) is 5.73 Å². The molecule has 0 spiro atoms. The van der Waals surface area contributed by atoms with Gasteiger partial charge in [-0.25, -0.2) is 0 Å². The van der Waals surface area contributed by atoms with E-state index < -0.39 is 0 Å². The molecule has 2 nitrogen and oxygen atoms in total. The Labute approximate surface area is 126 Å². The van der Waals surface area contributed by atoms with Gasteiger partial charge in [0.05, 0.1) is 0 Å². The zero-order chi connectivity index (χ0) is 13.0. The van der Waals surface area contributed by atoms with Crippen molar-refractivity contribution in [2.75, 3.05) is 17.6 Å². The van der Waals surface area contributed by atoms with Gasteiger partial charge < -0.3 is 11.1 Å². The fourth-order valence-electron chi connectivity index (χ4n) is 2.07. The largest absolute Gasteiger partial charge is 0.389 e. The molecule has 2 rings (SSSR count). The predicted octanol–water partition coefficient (Wildman–Crippen LogP) is 3.78. The smallest absolute Gasteiger partial charge is 0.106 e. The number of nitrogens with one attached hydrogen (secondary N) is 1. The number of benzene rings is 1. The summed E-state index contributed by atoms with van der Waals surface area (Å²) in [5, 5.41) is 4.19. The molecule has 18 heavy (non-hydrogen) atoms. The molecule has 1 aromatic rings. The summed E-state index contributed by atoms with van der Waals surface area (Å²) in [4.78, 5) is 0.440. The van der Waals surface area contributed by atoms with Crippen LogP contribution in [-0.2, 0) is 0 Å². The standard InChI is InChI=1S/C13H17BrN2S2/c14-9-4-5-12(11(7-9)13(15)17)16-8-10-3-1-2-6-18-10/h4-5,7,10,16H,1-3,6,8H2,(H2,15,17). The van der Waals surface area contributed by atoms with Crippen LogP contribution in [0.1, 0.15) is 24.8 Å². The molecule has 0 saturated carbocycles. The lowest BCUT2D eigenvalue weighted by atomic mass is 10.1. The van der Waals surface area contributed by atoms with Gasteiger partial charge in [-0.1, -0.05) is 34.6 Å². The predicted molar refractivity (Wildman–Crippen MR) is 88.6 cm³/mol. The van der Waals surface area contributed by atoms with Crippen LogP contribution in [0.25, 0.3) is 0 Å². The van der Waals surface area contributed by atoms with Crippen LogP contribution >= 0.6 is 39.9 Å². The Balaban J connectivity index is 2.01. The van der Waals surface area contributed by atoms with Gasteiger partial charge in [-0.15, -0.1) is 0 Å². The van der Waals surface area contributed by atoms with Gasteiger partial charge in [0.25, 0.3) is 0 Å². The van der Waals surface area contributed by atoms with Gasteiger partial charge in [0, 0.05) is 27.5 Å². The van der Waals surface area contributed by atoms with Gasteiger partial charge in [-0.3, -0.25) is 0 Å². The minimum Gasteiger partial charge on any atom is -0.389 e. The van der Waals surface area contributed by atoms with Gasteiger partial charge in [0.1, 0.15) is 4.99 Å². The molecule has 1 unspecified atom stereocenters. The molecule has 1 fully saturated rings. The maximum absolute atomic E-state index is 5.76. The molecule has 1 saturated heterocycles. The molecule has 0 bridgehead atoms. The monoisotopic (exact) mass is 344 g/mol. The van der Waals surface area contributed by atoms with Crippen LogP contribution in [0, 0.1) is 0 Å². The second kappa shape index (κ2) is 6.78. The number of rotatable bonds is 4. The van der Waals surface area contributed by atoms with Crippen LogP contribution in [0.3, 0.4) is 0 Å². The fourth-order valence-corrected chi connectivity index (χ4v) is 3.84. The Morgan fingerprint density at radius 3 is 3.00 bits per heavy atom. The summed E-state index contributed by atoms with van der Waals surface area (Å²) in [6.45, 7) is 0.988. The Bertz CT molecular complexity index is 431. The number of nitrogens with two attached hydrogens (primary N) is 1. The summed E-state index contributed by atoms with van der Waals surface area (Å²) in [6.07, 6.45) is 4.01. The third kappa shape index (κ3) is 3.87. The quantitative estimate of drug-likeness (QED) is 0.815. The lowest BCUT2D eigenvalue weighted by Gasteiger charge is -2.22. The van der Waals surface area contributed by atoms with Gasteiger partial charge in [-0.2, -0.15) is 11.8 Å². The summed E-state index contributed by atoms with van der Waals surface area (Å²) in [7, 11) is 0. The molecule has 98 valence electrons. The number of halogens is 1. The van der Waals surface area contributed by atoms with Crippen LogP contribution in [0.4, 0.5) is 5.69 Å². The SMILES string of the molecule is NC(=S)c1cc(Br)ccc1NCC1CCCCS1. The highest BCUT2D eigenvalue weighted by Crippen LogP contribution is 2.26. The third-order valence-electron chi connectivity index (χ3n) is 3.04. The summed E-state index contributed by atoms with van der Waals surface area (Å²) in [6, 6.07) is 6.02. The third-order valence-corrected chi connectivity index (χ3v) is 5.15. The number of hydrogen-bond donors (Lipinski definition) is 2. The Kier molecular flexibility index (Phi) is 5.33. The fraction of sp³-hybridized carbons (Fsp3) is 0.462. The van der Waals surface area contributed by atoms with Gasteiger partial charge in [-0.05, 0) is 36.8 Å². The average Bonchev–Trinajstić information content (AvgIpc) is 2.38. The zero-order valence-electron chi connectivity index (χ0n) is 10.1. The van der Waals surface area contributed by atoms with E-state index in [-0.39, 0.29) is 0 Å². The number of hydrogen-bond acceptors (Lipinski definition) is 3. The molecule has 5 heteroatoms. The molecule has 0 radical (unpaired) electrons. The Hall–Kier alpha value is -0.260. The Morgan fingerprint density at radius 1 is 1.50 bits per heavy atom. The first-order chi connectivity index (χ1) is 8.66. The van der Waals surface area contributed by atoms with E-state index in [0.29, 0.717) is 10.2 Å². The van der Waals surface area contributed by atoms with Crippen LogP contribution < -0.4 is 11.1 Å². The lowest BCUT2D eigenvalue weighted by molar-refractivity contribution is 0.677. The van der Waals surface area contributed by atoms with E-state index in [9.17, 15) is 0 Å². The highest BCUT2D eigenvalue weighted by atomic mass is 79.9. The lowest BCUT2D eigenvalue weighted by Crippen LogP contribution is -2.21. The summed E-state index contributed by atoms with van der Waals surface area (Å²) in [5.74, 6) is 1.29. The molecule has 1 aliphatic heterocycles. The summed E-state index contributed by atoms with van der Waals surface area (Å²) in [5.41, 5.74) is 7.71. The highest BCUT2D eigenvalue weighted by molar-refractivity contribution is 9.10. The van der Waals surface area contributed by atoms with Crippen LogP contribution in [0.5, 0.6) is 0 Å². The van der Waals surface area contributed by atoms with Crippen LogP contribution in [0.2, 0.25) is 0 Å². The molecule has 3 N–H and O–H groups in total. The second-order valence-corrected chi connectivity index (χ2v) is 7.19. The van der Waals surface area contributed by atoms with Crippen molar-refractivity contribution < 1.29 is 0 Å². The molecule has 0 amide bonds. The van der Waals surface area contributed by atoms with Crippen molar-refractivity contribution in [3.8, 4) is 0 Å². The van der Waals surface area contributed by atoms with Crippen molar-refractivity contribution in [3.63, 3.8) is 0 Å². The zero-order valence-corrected chi connectivity index (χ0v) is 13.3. The first-order valence-electron chi connectivity index (χ1n) is 6.11. The van der Waals surface area contributed by atoms with E-state index in [4.69, 9.17) is 18.0 Å². The van der Waals surface area contributed by atoms with E-state index in [1.165, 1.54) is 25.0 Å². The maximum Gasteiger partial charge on any atom is 0.106 e. The molecule has 1 heterocycles. The molecule has 1 aliphatic rings. The Morgan fingerprint density at radius 2 is 2.33 bits per heavy atom.